The Hall–Kier alpha value is -2.54. The Kier molecular flexibility index (Phi) is 3.26. The zero-order chi connectivity index (χ0) is 13.9. The van der Waals surface area contributed by atoms with Crippen molar-refractivity contribution in [3.05, 3.63) is 47.4 Å². The number of carbonyl (C=O) groups is 1. The van der Waals surface area contributed by atoms with Crippen molar-refractivity contribution in [1.82, 2.24) is 15.1 Å². The zero-order valence-electron chi connectivity index (χ0n) is 10.5. The highest BCUT2D eigenvalue weighted by molar-refractivity contribution is 7.14. The molecule has 0 saturated heterocycles. The molecule has 0 radical (unpaired) electrons. The fourth-order valence-corrected chi connectivity index (χ4v) is 2.34. The number of anilines is 1. The first-order valence-corrected chi connectivity index (χ1v) is 6.71. The molecule has 3 aromatic rings. The molecular formula is C13H10N4O2S. The van der Waals surface area contributed by atoms with E-state index in [4.69, 9.17) is 4.52 Å². The van der Waals surface area contributed by atoms with Crippen molar-refractivity contribution in [3.63, 3.8) is 0 Å². The molecule has 1 amide bonds. The normalized spacial score (nSPS) is 10.4. The van der Waals surface area contributed by atoms with Crippen LogP contribution < -0.4 is 5.32 Å². The number of aromatic nitrogens is 3. The van der Waals surface area contributed by atoms with Crippen LogP contribution in [0.1, 0.15) is 16.2 Å². The van der Waals surface area contributed by atoms with E-state index in [0.29, 0.717) is 10.9 Å². The van der Waals surface area contributed by atoms with Gasteiger partial charge in [0.25, 0.3) is 5.91 Å². The minimum atomic E-state index is -0.336. The van der Waals surface area contributed by atoms with Gasteiger partial charge < -0.3 is 4.52 Å². The van der Waals surface area contributed by atoms with Crippen LogP contribution in [0.5, 0.6) is 0 Å². The number of amides is 1. The maximum Gasteiger partial charge on any atom is 0.279 e. The molecule has 0 bridgehead atoms. The van der Waals surface area contributed by atoms with Gasteiger partial charge in [-0.3, -0.25) is 15.1 Å². The second kappa shape index (κ2) is 5.22. The van der Waals surface area contributed by atoms with E-state index < -0.39 is 0 Å². The lowest BCUT2D eigenvalue weighted by atomic mass is 10.2. The van der Waals surface area contributed by atoms with Gasteiger partial charge in [-0.1, -0.05) is 5.16 Å². The second-order valence-corrected chi connectivity index (χ2v) is 4.91. The Morgan fingerprint density at radius 3 is 2.85 bits per heavy atom. The number of hydrogen-bond donors (Lipinski definition) is 1. The van der Waals surface area contributed by atoms with E-state index in [1.807, 2.05) is 17.5 Å². The van der Waals surface area contributed by atoms with E-state index in [1.54, 1.807) is 25.4 Å². The molecule has 0 aliphatic rings. The van der Waals surface area contributed by atoms with Crippen molar-refractivity contribution < 1.29 is 9.32 Å². The van der Waals surface area contributed by atoms with Crippen molar-refractivity contribution in [2.24, 2.45) is 0 Å². The van der Waals surface area contributed by atoms with Gasteiger partial charge in [0.05, 0.1) is 5.69 Å². The van der Waals surface area contributed by atoms with E-state index in [0.717, 1.165) is 11.3 Å². The van der Waals surface area contributed by atoms with Gasteiger partial charge in [-0.05, 0) is 19.1 Å². The van der Waals surface area contributed by atoms with Gasteiger partial charge in [0.2, 0.25) is 0 Å². The van der Waals surface area contributed by atoms with Crippen molar-refractivity contribution in [2.75, 3.05) is 5.32 Å². The summed E-state index contributed by atoms with van der Waals surface area (Å²) in [6, 6.07) is 5.30. The van der Waals surface area contributed by atoms with Crippen LogP contribution >= 0.6 is 11.3 Å². The minimum absolute atomic E-state index is 0.239. The van der Waals surface area contributed by atoms with Crippen LogP contribution in [0.3, 0.4) is 0 Å². The lowest BCUT2D eigenvalue weighted by Gasteiger charge is -1.97. The van der Waals surface area contributed by atoms with Gasteiger partial charge >= 0.3 is 0 Å². The molecule has 3 aromatic heterocycles. The predicted octanol–water partition coefficient (Wildman–Crippen LogP) is 2.75. The fourth-order valence-electron chi connectivity index (χ4n) is 1.62. The third-order valence-corrected chi connectivity index (χ3v) is 3.32. The van der Waals surface area contributed by atoms with Crippen LogP contribution in [0.2, 0.25) is 0 Å². The summed E-state index contributed by atoms with van der Waals surface area (Å²) in [5.41, 5.74) is 1.99. The minimum Gasteiger partial charge on any atom is -0.361 e. The molecule has 0 spiro atoms. The van der Waals surface area contributed by atoms with E-state index in [2.05, 4.69) is 20.4 Å². The predicted molar refractivity (Wildman–Crippen MR) is 74.5 cm³/mol. The Morgan fingerprint density at radius 1 is 1.35 bits per heavy atom. The lowest BCUT2D eigenvalue weighted by molar-refractivity contribution is 0.101. The van der Waals surface area contributed by atoms with Gasteiger partial charge in [-0.25, -0.2) is 4.98 Å². The van der Waals surface area contributed by atoms with Crippen LogP contribution in [0.4, 0.5) is 5.13 Å². The molecule has 0 aliphatic carbocycles. The molecular weight excluding hydrogens is 276 g/mol. The van der Waals surface area contributed by atoms with Crippen molar-refractivity contribution in [3.8, 4) is 11.3 Å². The summed E-state index contributed by atoms with van der Waals surface area (Å²) in [5.74, 6) is 0.254. The van der Waals surface area contributed by atoms with Gasteiger partial charge in [0.15, 0.2) is 10.8 Å². The zero-order valence-corrected chi connectivity index (χ0v) is 11.3. The van der Waals surface area contributed by atoms with E-state index >= 15 is 0 Å². The Morgan fingerprint density at radius 2 is 2.15 bits per heavy atom. The third kappa shape index (κ3) is 2.57. The number of pyridine rings is 1. The maximum atomic E-state index is 11.9. The summed E-state index contributed by atoms with van der Waals surface area (Å²) in [6.07, 6.45) is 3.40. The van der Waals surface area contributed by atoms with Crippen molar-refractivity contribution in [2.45, 2.75) is 6.92 Å². The largest absolute Gasteiger partial charge is 0.361 e. The van der Waals surface area contributed by atoms with Crippen LogP contribution in [0.25, 0.3) is 11.3 Å². The van der Waals surface area contributed by atoms with Gasteiger partial charge in [0, 0.05) is 29.4 Å². The summed E-state index contributed by atoms with van der Waals surface area (Å²) >= 11 is 1.35. The summed E-state index contributed by atoms with van der Waals surface area (Å²) in [4.78, 5) is 20.2. The maximum absolute atomic E-state index is 11.9. The number of aryl methyl sites for hydroxylation is 1. The molecule has 100 valence electrons. The number of rotatable bonds is 3. The molecule has 0 unspecified atom stereocenters. The molecule has 0 aromatic carbocycles. The van der Waals surface area contributed by atoms with Crippen LogP contribution in [0.15, 0.2) is 40.5 Å². The van der Waals surface area contributed by atoms with E-state index in [9.17, 15) is 4.79 Å². The number of hydrogen-bond acceptors (Lipinski definition) is 6. The van der Waals surface area contributed by atoms with Crippen LogP contribution in [-0.4, -0.2) is 21.0 Å². The Bertz CT molecular complexity index is 736. The summed E-state index contributed by atoms with van der Waals surface area (Å²) < 4.78 is 4.86. The topological polar surface area (TPSA) is 80.9 Å². The molecule has 1 N–H and O–H groups in total. The molecule has 3 rings (SSSR count). The monoisotopic (exact) mass is 286 g/mol. The number of thiazole rings is 1. The van der Waals surface area contributed by atoms with Crippen LogP contribution in [0, 0.1) is 6.92 Å². The van der Waals surface area contributed by atoms with Gasteiger partial charge in [-0.2, -0.15) is 0 Å². The number of nitrogens with zero attached hydrogens (tertiary/aromatic N) is 3. The summed E-state index contributed by atoms with van der Waals surface area (Å²) in [7, 11) is 0. The lowest BCUT2D eigenvalue weighted by Crippen LogP contribution is -2.11. The Labute approximate surface area is 118 Å². The highest BCUT2D eigenvalue weighted by Gasteiger charge is 2.13. The SMILES string of the molecule is Cc1cc(C(=O)Nc2nc(-c3ccncc3)cs2)no1. The second-order valence-electron chi connectivity index (χ2n) is 4.05. The highest BCUT2D eigenvalue weighted by atomic mass is 32.1. The van der Waals surface area contributed by atoms with Crippen molar-refractivity contribution >= 4 is 22.4 Å². The number of carbonyl (C=O) groups excluding carboxylic acids is 1. The molecule has 7 heteroatoms. The summed E-state index contributed by atoms with van der Waals surface area (Å²) in [6.45, 7) is 1.73. The van der Waals surface area contributed by atoms with Crippen LogP contribution in [-0.2, 0) is 0 Å². The smallest absolute Gasteiger partial charge is 0.279 e. The highest BCUT2D eigenvalue weighted by Crippen LogP contribution is 2.24. The van der Waals surface area contributed by atoms with Gasteiger partial charge in [-0.15, -0.1) is 11.3 Å². The fraction of sp³-hybridized carbons (Fsp3) is 0.0769. The molecule has 6 nitrogen and oxygen atoms in total. The molecule has 0 fully saturated rings. The van der Waals surface area contributed by atoms with E-state index in [1.165, 1.54) is 11.3 Å². The van der Waals surface area contributed by atoms with Crippen molar-refractivity contribution in [1.29, 1.82) is 0 Å². The molecule has 20 heavy (non-hydrogen) atoms. The number of nitrogens with one attached hydrogen (secondary N) is 1. The first kappa shape index (κ1) is 12.5. The average molecular weight is 286 g/mol. The molecule has 3 heterocycles. The third-order valence-electron chi connectivity index (χ3n) is 2.56. The summed E-state index contributed by atoms with van der Waals surface area (Å²) in [5, 5.41) is 8.74. The molecule has 0 aliphatic heterocycles. The standard InChI is InChI=1S/C13H10N4O2S/c1-8-6-10(17-19-8)12(18)16-13-15-11(7-20-13)9-2-4-14-5-3-9/h2-7H,1H3,(H,15,16,18). The first-order chi connectivity index (χ1) is 9.72. The first-order valence-electron chi connectivity index (χ1n) is 5.83. The van der Waals surface area contributed by atoms with Gasteiger partial charge in [0.1, 0.15) is 5.76 Å². The Balaban J connectivity index is 1.76. The quantitative estimate of drug-likeness (QED) is 0.800. The van der Waals surface area contributed by atoms with E-state index in [-0.39, 0.29) is 11.6 Å². The molecule has 0 atom stereocenters. The molecule has 0 saturated carbocycles. The average Bonchev–Trinajstić information content (AvgIpc) is 3.09.